The second-order valence-electron chi connectivity index (χ2n) is 9.10. The van der Waals surface area contributed by atoms with Crippen LogP contribution in [0.3, 0.4) is 0 Å². The fourth-order valence-corrected chi connectivity index (χ4v) is 4.84. The monoisotopic (exact) mass is 468 g/mol. The molecular weight excluding hydrogens is 436 g/mol. The van der Waals surface area contributed by atoms with E-state index in [0.717, 1.165) is 32.6 Å². The van der Waals surface area contributed by atoms with E-state index in [9.17, 15) is 9.59 Å². The molecule has 1 atom stereocenters. The van der Waals surface area contributed by atoms with Gasteiger partial charge in [-0.05, 0) is 61.4 Å². The van der Waals surface area contributed by atoms with Gasteiger partial charge < -0.3 is 10.6 Å². The second-order valence-corrected chi connectivity index (χ2v) is 9.51. The number of carbonyl (C=O) groups excluding carboxylic acids is 2. The molecule has 2 aromatic carbocycles. The van der Waals surface area contributed by atoms with Gasteiger partial charge in [0.15, 0.2) is 0 Å². The van der Waals surface area contributed by atoms with Crippen molar-refractivity contribution in [2.45, 2.75) is 38.6 Å². The molecule has 7 heteroatoms. The molecule has 1 unspecified atom stereocenters. The first-order valence-electron chi connectivity index (χ1n) is 11.9. The number of halogens is 1. The van der Waals surface area contributed by atoms with Crippen LogP contribution < -0.4 is 10.6 Å². The minimum atomic E-state index is -0.0758. The number of aryl methyl sites for hydroxylation is 2. The molecule has 1 fully saturated rings. The predicted molar refractivity (Wildman–Crippen MR) is 133 cm³/mol. The van der Waals surface area contributed by atoms with Gasteiger partial charge in [0.25, 0.3) is 0 Å². The van der Waals surface area contributed by atoms with Crippen LogP contribution in [0.4, 0.5) is 5.69 Å². The van der Waals surface area contributed by atoms with Crippen LogP contribution in [0.5, 0.6) is 0 Å². The molecule has 2 aliphatic rings. The average molecular weight is 469 g/mol. The van der Waals surface area contributed by atoms with E-state index in [1.54, 1.807) is 12.1 Å². The summed E-state index contributed by atoms with van der Waals surface area (Å²) in [7, 11) is 0. The molecule has 1 saturated heterocycles. The zero-order valence-corrected chi connectivity index (χ0v) is 20.0. The number of rotatable bonds is 7. The lowest BCUT2D eigenvalue weighted by molar-refractivity contribution is -0.124. The number of anilines is 1. The number of amides is 2. The van der Waals surface area contributed by atoms with E-state index in [1.807, 2.05) is 12.1 Å². The Morgan fingerprint density at radius 1 is 0.909 bits per heavy atom. The molecule has 2 aromatic rings. The summed E-state index contributed by atoms with van der Waals surface area (Å²) in [5.41, 5.74) is 4.71. The summed E-state index contributed by atoms with van der Waals surface area (Å²) in [6, 6.07) is 13.9. The van der Waals surface area contributed by atoms with E-state index < -0.39 is 0 Å². The maximum Gasteiger partial charge on any atom is 0.238 e. The summed E-state index contributed by atoms with van der Waals surface area (Å²) in [6.45, 7) is 5.79. The Labute approximate surface area is 201 Å². The highest BCUT2D eigenvalue weighted by Crippen LogP contribution is 2.25. The van der Waals surface area contributed by atoms with Gasteiger partial charge >= 0.3 is 0 Å². The third-order valence-electron chi connectivity index (χ3n) is 6.60. The number of benzene rings is 2. The minimum Gasteiger partial charge on any atom is -0.348 e. The Hall–Kier alpha value is -2.41. The van der Waals surface area contributed by atoms with Crippen molar-refractivity contribution in [1.29, 1.82) is 0 Å². The summed E-state index contributed by atoms with van der Waals surface area (Å²) < 4.78 is 0. The quantitative estimate of drug-likeness (QED) is 0.651. The van der Waals surface area contributed by atoms with E-state index in [1.165, 1.54) is 36.0 Å². The normalized spacial score (nSPS) is 17.8. The molecule has 1 aliphatic carbocycles. The Morgan fingerprint density at radius 3 is 2.24 bits per heavy atom. The molecule has 2 amide bonds. The third kappa shape index (κ3) is 6.56. The lowest BCUT2D eigenvalue weighted by Gasteiger charge is -2.34. The highest BCUT2D eigenvalue weighted by Gasteiger charge is 2.22. The van der Waals surface area contributed by atoms with Crippen LogP contribution in [-0.2, 0) is 22.4 Å². The highest BCUT2D eigenvalue weighted by molar-refractivity contribution is 6.33. The maximum atomic E-state index is 12.6. The van der Waals surface area contributed by atoms with E-state index in [2.05, 4.69) is 45.6 Å². The lowest BCUT2D eigenvalue weighted by atomic mass is 9.89. The molecule has 0 radical (unpaired) electrons. The predicted octanol–water partition coefficient (Wildman–Crippen LogP) is 3.65. The van der Waals surface area contributed by atoms with Crippen LogP contribution in [-0.4, -0.2) is 60.9 Å². The fraction of sp³-hybridized carbons (Fsp3) is 0.462. The number of carbonyl (C=O) groups is 2. The number of nitrogens with one attached hydrogen (secondary N) is 2. The van der Waals surface area contributed by atoms with Crippen molar-refractivity contribution < 1.29 is 9.59 Å². The van der Waals surface area contributed by atoms with Crippen LogP contribution in [0.1, 0.15) is 42.5 Å². The first-order valence-corrected chi connectivity index (χ1v) is 12.3. The third-order valence-corrected chi connectivity index (χ3v) is 6.93. The molecule has 0 bridgehead atoms. The Kier molecular flexibility index (Phi) is 8.02. The summed E-state index contributed by atoms with van der Waals surface area (Å²) in [4.78, 5) is 29.2. The Bertz CT molecular complexity index is 988. The van der Waals surface area contributed by atoms with Gasteiger partial charge in [-0.15, -0.1) is 0 Å². The first-order chi connectivity index (χ1) is 16.0. The smallest absolute Gasteiger partial charge is 0.238 e. The molecule has 0 aromatic heterocycles. The van der Waals surface area contributed by atoms with E-state index in [-0.39, 0.29) is 17.9 Å². The number of hydrogen-bond donors (Lipinski definition) is 2. The molecular formula is C26H33ClN4O2. The van der Waals surface area contributed by atoms with E-state index in [4.69, 9.17) is 11.6 Å². The van der Waals surface area contributed by atoms with Gasteiger partial charge in [-0.3, -0.25) is 19.4 Å². The fourth-order valence-electron chi connectivity index (χ4n) is 4.66. The molecule has 2 N–H and O–H groups in total. The van der Waals surface area contributed by atoms with Crippen molar-refractivity contribution in [3.05, 3.63) is 64.2 Å². The van der Waals surface area contributed by atoms with Crippen molar-refractivity contribution >= 4 is 29.1 Å². The maximum absolute atomic E-state index is 12.6. The molecule has 1 aliphatic heterocycles. The highest BCUT2D eigenvalue weighted by atomic mass is 35.5. The molecule has 0 saturated carbocycles. The number of fused-ring (bicyclic) bond motifs is 1. The molecule has 4 rings (SSSR count). The van der Waals surface area contributed by atoms with Gasteiger partial charge in [0.1, 0.15) is 0 Å². The van der Waals surface area contributed by atoms with Crippen molar-refractivity contribution in [2.24, 2.45) is 0 Å². The molecule has 1 heterocycles. The number of para-hydroxylation sites is 1. The van der Waals surface area contributed by atoms with Crippen molar-refractivity contribution in [2.75, 3.05) is 44.6 Å². The molecule has 33 heavy (non-hydrogen) atoms. The van der Waals surface area contributed by atoms with Crippen LogP contribution in [0.15, 0.2) is 42.5 Å². The zero-order valence-electron chi connectivity index (χ0n) is 19.3. The molecule has 6 nitrogen and oxygen atoms in total. The van der Waals surface area contributed by atoms with E-state index >= 15 is 0 Å². The van der Waals surface area contributed by atoms with Gasteiger partial charge in [-0.1, -0.05) is 41.9 Å². The SMILES string of the molecule is CC(NC(=O)CN1CCN(CC(=O)Nc2ccccc2Cl)CC1)c1ccc2c(c1)CCCC2. The number of hydrogen-bond acceptors (Lipinski definition) is 4. The van der Waals surface area contributed by atoms with Gasteiger partial charge in [0, 0.05) is 26.2 Å². The van der Waals surface area contributed by atoms with Crippen molar-refractivity contribution in [3.8, 4) is 0 Å². The lowest BCUT2D eigenvalue weighted by Crippen LogP contribution is -2.51. The van der Waals surface area contributed by atoms with Gasteiger partial charge in [-0.25, -0.2) is 0 Å². The summed E-state index contributed by atoms with van der Waals surface area (Å²) in [6.07, 6.45) is 4.84. The van der Waals surface area contributed by atoms with Crippen molar-refractivity contribution in [1.82, 2.24) is 15.1 Å². The zero-order chi connectivity index (χ0) is 23.2. The van der Waals surface area contributed by atoms with E-state index in [0.29, 0.717) is 23.8 Å². The van der Waals surface area contributed by atoms with Crippen molar-refractivity contribution in [3.63, 3.8) is 0 Å². The standard InChI is InChI=1S/C26H33ClN4O2/c1-19(21-11-10-20-6-2-3-7-22(20)16-21)28-25(32)17-30-12-14-31(15-13-30)18-26(33)29-24-9-5-4-8-23(24)27/h4-5,8-11,16,19H,2-3,6-7,12-15,17-18H2,1H3,(H,28,32)(H,29,33). The number of piperazine rings is 1. The summed E-state index contributed by atoms with van der Waals surface area (Å²) >= 11 is 6.11. The largest absolute Gasteiger partial charge is 0.348 e. The Morgan fingerprint density at radius 2 is 1.55 bits per heavy atom. The van der Waals surface area contributed by atoms with Crippen LogP contribution >= 0.6 is 11.6 Å². The number of nitrogens with zero attached hydrogens (tertiary/aromatic N) is 2. The topological polar surface area (TPSA) is 64.7 Å². The average Bonchev–Trinajstić information content (AvgIpc) is 2.81. The van der Waals surface area contributed by atoms with Crippen LogP contribution in [0.25, 0.3) is 0 Å². The molecule has 0 spiro atoms. The minimum absolute atomic E-state index is 0.000443. The second kappa shape index (κ2) is 11.1. The molecule has 176 valence electrons. The van der Waals surface area contributed by atoms with Crippen LogP contribution in [0.2, 0.25) is 5.02 Å². The summed E-state index contributed by atoms with van der Waals surface area (Å²) in [5.74, 6) is -0.0294. The van der Waals surface area contributed by atoms with Crippen LogP contribution in [0, 0.1) is 0 Å². The first kappa shape index (κ1) is 23.7. The Balaban J connectivity index is 1.19. The van der Waals surface area contributed by atoms with Gasteiger partial charge in [-0.2, -0.15) is 0 Å². The van der Waals surface area contributed by atoms with Gasteiger partial charge in [0.2, 0.25) is 11.8 Å². The summed E-state index contributed by atoms with van der Waals surface area (Å²) in [5, 5.41) is 6.56. The van der Waals surface area contributed by atoms with Gasteiger partial charge in [0.05, 0.1) is 29.8 Å².